The highest BCUT2D eigenvalue weighted by molar-refractivity contribution is 6.34. The maximum absolute atomic E-state index is 9.00. The van der Waals surface area contributed by atoms with Crippen LogP contribution in [0.4, 0.5) is 0 Å². The van der Waals surface area contributed by atoms with Gasteiger partial charge >= 0.3 is 0 Å². The van der Waals surface area contributed by atoms with Gasteiger partial charge in [0.05, 0.1) is 10.2 Å². The standard InChI is InChI=1S/C7H7OSi/c1-5-2-3-6(8)7(9)4-5/h2-4,8H,1H3. The van der Waals surface area contributed by atoms with Gasteiger partial charge in [-0.3, -0.25) is 0 Å². The van der Waals surface area contributed by atoms with E-state index < -0.39 is 0 Å². The summed E-state index contributed by atoms with van der Waals surface area (Å²) in [6.45, 7) is 1.98. The number of aryl methyl sites for hydroxylation is 1. The highest BCUT2D eigenvalue weighted by Gasteiger charge is 1.91. The summed E-state index contributed by atoms with van der Waals surface area (Å²) in [5.74, 6) is 0.289. The lowest BCUT2D eigenvalue weighted by Gasteiger charge is -1.97. The van der Waals surface area contributed by atoms with Crippen molar-refractivity contribution in [2.24, 2.45) is 0 Å². The van der Waals surface area contributed by atoms with Crippen molar-refractivity contribution in [3.05, 3.63) is 23.8 Å². The minimum Gasteiger partial charge on any atom is -0.508 e. The average molecular weight is 135 g/mol. The first-order valence-electron chi connectivity index (χ1n) is 2.71. The van der Waals surface area contributed by atoms with Crippen LogP contribution in [0, 0.1) is 6.92 Å². The van der Waals surface area contributed by atoms with Gasteiger partial charge in [-0.25, -0.2) is 0 Å². The van der Waals surface area contributed by atoms with Gasteiger partial charge in [-0.05, 0) is 18.2 Å². The Bertz CT molecular complexity index is 220. The van der Waals surface area contributed by atoms with Crippen molar-refractivity contribution < 1.29 is 5.11 Å². The molecule has 0 atom stereocenters. The second-order valence-electron chi connectivity index (χ2n) is 2.02. The van der Waals surface area contributed by atoms with Gasteiger partial charge in [-0.2, -0.15) is 0 Å². The van der Waals surface area contributed by atoms with Crippen molar-refractivity contribution in [3.8, 4) is 5.75 Å². The molecule has 0 amide bonds. The highest BCUT2D eigenvalue weighted by Crippen LogP contribution is 2.03. The quantitative estimate of drug-likeness (QED) is 0.513. The van der Waals surface area contributed by atoms with Crippen LogP contribution in [0.5, 0.6) is 5.75 Å². The van der Waals surface area contributed by atoms with Gasteiger partial charge in [-0.15, -0.1) is 0 Å². The summed E-state index contributed by atoms with van der Waals surface area (Å²) in [5.41, 5.74) is 1.14. The molecule has 0 saturated heterocycles. The lowest BCUT2D eigenvalue weighted by Crippen LogP contribution is -2.01. The number of rotatable bonds is 0. The Morgan fingerprint density at radius 3 is 2.56 bits per heavy atom. The van der Waals surface area contributed by atoms with Crippen LogP contribution in [-0.2, 0) is 0 Å². The fourth-order valence-electron chi connectivity index (χ4n) is 0.650. The van der Waals surface area contributed by atoms with E-state index in [2.05, 4.69) is 10.2 Å². The van der Waals surface area contributed by atoms with Gasteiger partial charge < -0.3 is 5.11 Å². The van der Waals surface area contributed by atoms with Crippen LogP contribution in [0.1, 0.15) is 5.56 Å². The highest BCUT2D eigenvalue weighted by atomic mass is 28.1. The van der Waals surface area contributed by atoms with Gasteiger partial charge in [0, 0.05) is 0 Å². The number of hydrogen-bond donors (Lipinski definition) is 1. The third kappa shape index (κ3) is 1.33. The molecular formula is C7H7OSi. The van der Waals surface area contributed by atoms with E-state index in [9.17, 15) is 0 Å². The minimum atomic E-state index is 0.289. The van der Waals surface area contributed by atoms with Crippen LogP contribution in [0.2, 0.25) is 0 Å². The van der Waals surface area contributed by atoms with Gasteiger partial charge in [0.1, 0.15) is 5.75 Å². The van der Waals surface area contributed by atoms with Crippen molar-refractivity contribution in [1.29, 1.82) is 0 Å². The zero-order chi connectivity index (χ0) is 6.85. The molecule has 1 rings (SSSR count). The van der Waals surface area contributed by atoms with Gasteiger partial charge in [0.15, 0.2) is 0 Å². The number of phenols is 1. The zero-order valence-corrected chi connectivity index (χ0v) is 6.18. The molecule has 3 radical (unpaired) electrons. The molecule has 0 heterocycles. The molecule has 0 spiro atoms. The number of aromatic hydroxyl groups is 1. The summed E-state index contributed by atoms with van der Waals surface area (Å²) >= 11 is 0. The van der Waals surface area contributed by atoms with Crippen molar-refractivity contribution in [2.75, 3.05) is 0 Å². The van der Waals surface area contributed by atoms with Crippen LogP contribution in [0.25, 0.3) is 0 Å². The molecule has 1 N–H and O–H groups in total. The van der Waals surface area contributed by atoms with Crippen LogP contribution >= 0.6 is 0 Å². The van der Waals surface area contributed by atoms with Gasteiger partial charge in [-0.1, -0.05) is 17.7 Å². The first-order chi connectivity index (χ1) is 4.20. The average Bonchev–Trinajstić information content (AvgIpc) is 1.80. The fraction of sp³-hybridized carbons (Fsp3) is 0.143. The van der Waals surface area contributed by atoms with Crippen molar-refractivity contribution in [2.45, 2.75) is 6.92 Å². The summed E-state index contributed by atoms with van der Waals surface area (Å²) in [6.07, 6.45) is 0. The van der Waals surface area contributed by atoms with Crippen LogP contribution in [0.3, 0.4) is 0 Å². The third-order valence-electron chi connectivity index (χ3n) is 1.15. The Kier molecular flexibility index (Phi) is 1.58. The van der Waals surface area contributed by atoms with E-state index in [1.165, 1.54) is 0 Å². The maximum Gasteiger partial charge on any atom is 0.113 e. The fourth-order valence-corrected chi connectivity index (χ4v) is 0.961. The summed E-state index contributed by atoms with van der Waals surface area (Å²) < 4.78 is 0. The normalized spacial score (nSPS) is 9.56. The molecule has 0 unspecified atom stereocenters. The molecule has 0 bridgehead atoms. The molecule has 9 heavy (non-hydrogen) atoms. The van der Waals surface area contributed by atoms with Crippen molar-refractivity contribution >= 4 is 15.4 Å². The molecule has 1 aromatic rings. The summed E-state index contributed by atoms with van der Waals surface area (Å²) in [5, 5.41) is 9.74. The maximum atomic E-state index is 9.00. The van der Waals surface area contributed by atoms with E-state index in [1.807, 2.05) is 19.1 Å². The molecule has 2 heteroatoms. The molecular weight excluding hydrogens is 128 g/mol. The number of benzene rings is 1. The van der Waals surface area contributed by atoms with Gasteiger partial charge in [0.25, 0.3) is 0 Å². The lowest BCUT2D eigenvalue weighted by molar-refractivity contribution is 0.479. The Labute approximate surface area is 57.8 Å². The monoisotopic (exact) mass is 135 g/mol. The predicted octanol–water partition coefficient (Wildman–Crippen LogP) is 0.494. The number of hydrogen-bond acceptors (Lipinski definition) is 1. The molecule has 45 valence electrons. The second-order valence-corrected chi connectivity index (χ2v) is 2.56. The Morgan fingerprint density at radius 2 is 2.11 bits per heavy atom. The Morgan fingerprint density at radius 1 is 1.44 bits per heavy atom. The van der Waals surface area contributed by atoms with E-state index in [-0.39, 0.29) is 5.75 Å². The first kappa shape index (κ1) is 6.36. The van der Waals surface area contributed by atoms with E-state index in [4.69, 9.17) is 5.11 Å². The molecule has 0 fully saturated rings. The third-order valence-corrected chi connectivity index (χ3v) is 1.55. The zero-order valence-electron chi connectivity index (χ0n) is 5.18. The van der Waals surface area contributed by atoms with E-state index in [1.54, 1.807) is 6.07 Å². The molecule has 0 aliphatic carbocycles. The van der Waals surface area contributed by atoms with Crippen molar-refractivity contribution in [1.82, 2.24) is 0 Å². The first-order valence-corrected chi connectivity index (χ1v) is 3.21. The molecule has 1 aromatic carbocycles. The molecule has 0 aliphatic rings. The van der Waals surface area contributed by atoms with Crippen LogP contribution < -0.4 is 5.19 Å². The molecule has 1 nitrogen and oxygen atoms in total. The van der Waals surface area contributed by atoms with E-state index >= 15 is 0 Å². The Hall–Kier alpha value is -0.763. The minimum absolute atomic E-state index is 0.289. The topological polar surface area (TPSA) is 20.2 Å². The second kappa shape index (κ2) is 2.23. The molecule has 0 aromatic heterocycles. The SMILES string of the molecule is Cc1ccc(O)c([Si])c1. The van der Waals surface area contributed by atoms with Gasteiger partial charge in [0.2, 0.25) is 0 Å². The summed E-state index contributed by atoms with van der Waals surface area (Å²) in [6, 6.07) is 5.39. The summed E-state index contributed by atoms with van der Waals surface area (Å²) in [4.78, 5) is 0. The Balaban J connectivity index is 3.17. The van der Waals surface area contributed by atoms with Crippen LogP contribution in [0.15, 0.2) is 18.2 Å². The smallest absolute Gasteiger partial charge is 0.113 e. The number of phenolic OH excluding ortho intramolecular Hbond substituents is 1. The van der Waals surface area contributed by atoms with Crippen molar-refractivity contribution in [3.63, 3.8) is 0 Å². The predicted molar refractivity (Wildman–Crippen MR) is 38.2 cm³/mol. The van der Waals surface area contributed by atoms with E-state index in [0.717, 1.165) is 10.8 Å². The van der Waals surface area contributed by atoms with E-state index in [0.29, 0.717) is 0 Å². The lowest BCUT2D eigenvalue weighted by atomic mass is 10.2. The largest absolute Gasteiger partial charge is 0.508 e. The molecule has 0 saturated carbocycles. The summed E-state index contributed by atoms with van der Waals surface area (Å²) in [7, 11) is 3.24. The van der Waals surface area contributed by atoms with Crippen LogP contribution in [-0.4, -0.2) is 15.3 Å². The molecule has 0 aliphatic heterocycles.